The lowest BCUT2D eigenvalue weighted by Gasteiger charge is -2.10. The van der Waals surface area contributed by atoms with Gasteiger partial charge in [0.25, 0.3) is 10.0 Å². The second kappa shape index (κ2) is 5.72. The Morgan fingerprint density at radius 3 is 2.10 bits per heavy atom. The van der Waals surface area contributed by atoms with Gasteiger partial charge in [-0.05, 0) is 19.1 Å². The molecule has 0 radical (unpaired) electrons. The molecular formula is C13H15NO4S2. The van der Waals surface area contributed by atoms with E-state index in [0.717, 1.165) is 4.88 Å². The molecule has 108 valence electrons. The van der Waals surface area contributed by atoms with Gasteiger partial charge in [-0.25, -0.2) is 8.42 Å². The van der Waals surface area contributed by atoms with Crippen LogP contribution in [0.5, 0.6) is 11.5 Å². The van der Waals surface area contributed by atoms with Gasteiger partial charge in [0.15, 0.2) is 0 Å². The quantitative estimate of drug-likeness (QED) is 0.922. The van der Waals surface area contributed by atoms with Gasteiger partial charge < -0.3 is 9.47 Å². The zero-order valence-corrected chi connectivity index (χ0v) is 13.0. The summed E-state index contributed by atoms with van der Waals surface area (Å²) in [6.45, 7) is 1.86. The number of aryl methyl sites for hydroxylation is 1. The normalized spacial score (nSPS) is 11.2. The fraction of sp³-hybridized carbons (Fsp3) is 0.231. The lowest BCUT2D eigenvalue weighted by Crippen LogP contribution is -2.11. The minimum atomic E-state index is -3.59. The van der Waals surface area contributed by atoms with Crippen LogP contribution in [0, 0.1) is 6.92 Å². The minimum Gasteiger partial charge on any atom is -0.497 e. The van der Waals surface area contributed by atoms with Crippen LogP contribution >= 0.6 is 11.3 Å². The third kappa shape index (κ3) is 3.23. The van der Waals surface area contributed by atoms with Gasteiger partial charge in [-0.1, -0.05) is 0 Å². The summed E-state index contributed by atoms with van der Waals surface area (Å²) in [6.07, 6.45) is 0. The van der Waals surface area contributed by atoms with Crippen LogP contribution in [-0.4, -0.2) is 22.6 Å². The third-order valence-corrected chi connectivity index (χ3v) is 5.46. The molecule has 1 heterocycles. The Morgan fingerprint density at radius 1 is 1.05 bits per heavy atom. The Morgan fingerprint density at radius 2 is 1.65 bits per heavy atom. The standard InChI is InChI=1S/C13H15NO4S2/c1-9-4-5-13(19-9)20(15,16)14-10-6-11(17-2)8-12(7-10)18-3/h4-8,14H,1-3H3. The summed E-state index contributed by atoms with van der Waals surface area (Å²) < 4.78 is 37.5. The first-order chi connectivity index (χ1) is 9.44. The number of ether oxygens (including phenoxy) is 2. The van der Waals surface area contributed by atoms with E-state index in [-0.39, 0.29) is 4.21 Å². The molecule has 2 rings (SSSR count). The predicted molar refractivity (Wildman–Crippen MR) is 79.4 cm³/mol. The van der Waals surface area contributed by atoms with Crippen LogP contribution in [-0.2, 0) is 10.0 Å². The van der Waals surface area contributed by atoms with Crippen LogP contribution in [0.25, 0.3) is 0 Å². The fourth-order valence-corrected chi connectivity index (χ4v) is 3.95. The first kappa shape index (κ1) is 14.7. The SMILES string of the molecule is COc1cc(NS(=O)(=O)c2ccc(C)s2)cc(OC)c1. The van der Waals surface area contributed by atoms with Gasteiger partial charge in [0.1, 0.15) is 15.7 Å². The highest BCUT2D eigenvalue weighted by molar-refractivity contribution is 7.94. The molecule has 1 N–H and O–H groups in total. The molecule has 1 aromatic carbocycles. The Balaban J connectivity index is 2.33. The van der Waals surface area contributed by atoms with Crippen molar-refractivity contribution < 1.29 is 17.9 Å². The van der Waals surface area contributed by atoms with E-state index in [1.165, 1.54) is 25.6 Å². The van der Waals surface area contributed by atoms with Crippen molar-refractivity contribution >= 4 is 27.0 Å². The van der Waals surface area contributed by atoms with E-state index in [1.54, 1.807) is 30.3 Å². The van der Waals surface area contributed by atoms with Crippen molar-refractivity contribution in [2.45, 2.75) is 11.1 Å². The smallest absolute Gasteiger partial charge is 0.271 e. The topological polar surface area (TPSA) is 64.6 Å². The highest BCUT2D eigenvalue weighted by Crippen LogP contribution is 2.29. The molecule has 0 bridgehead atoms. The Kier molecular flexibility index (Phi) is 4.20. The van der Waals surface area contributed by atoms with Crippen LogP contribution < -0.4 is 14.2 Å². The molecule has 0 atom stereocenters. The van der Waals surface area contributed by atoms with E-state index in [4.69, 9.17) is 9.47 Å². The zero-order valence-electron chi connectivity index (χ0n) is 11.3. The van der Waals surface area contributed by atoms with Gasteiger partial charge in [-0.15, -0.1) is 11.3 Å². The molecule has 20 heavy (non-hydrogen) atoms. The van der Waals surface area contributed by atoms with Crippen LogP contribution in [0.4, 0.5) is 5.69 Å². The number of hydrogen-bond donors (Lipinski definition) is 1. The fourth-order valence-electron chi connectivity index (χ4n) is 1.63. The Bertz CT molecular complexity index is 685. The van der Waals surface area contributed by atoms with Crippen molar-refractivity contribution in [1.29, 1.82) is 0 Å². The second-order valence-corrected chi connectivity index (χ2v) is 7.27. The van der Waals surface area contributed by atoms with Crippen molar-refractivity contribution in [3.63, 3.8) is 0 Å². The molecule has 0 saturated carbocycles. The van der Waals surface area contributed by atoms with Crippen LogP contribution in [0.1, 0.15) is 4.88 Å². The lowest BCUT2D eigenvalue weighted by molar-refractivity contribution is 0.395. The maximum absolute atomic E-state index is 12.2. The van der Waals surface area contributed by atoms with Gasteiger partial charge in [-0.3, -0.25) is 4.72 Å². The minimum absolute atomic E-state index is 0.275. The van der Waals surface area contributed by atoms with E-state index in [2.05, 4.69) is 4.72 Å². The average Bonchev–Trinajstić information content (AvgIpc) is 2.85. The molecule has 0 aliphatic carbocycles. The van der Waals surface area contributed by atoms with Crippen molar-refractivity contribution in [2.75, 3.05) is 18.9 Å². The molecule has 0 aliphatic heterocycles. The van der Waals surface area contributed by atoms with E-state index < -0.39 is 10.0 Å². The number of hydrogen-bond acceptors (Lipinski definition) is 5. The van der Waals surface area contributed by atoms with Crippen molar-refractivity contribution in [1.82, 2.24) is 0 Å². The molecule has 0 fully saturated rings. The van der Waals surface area contributed by atoms with Crippen LogP contribution in [0.3, 0.4) is 0 Å². The van der Waals surface area contributed by atoms with Crippen LogP contribution in [0.2, 0.25) is 0 Å². The van der Waals surface area contributed by atoms with E-state index in [0.29, 0.717) is 17.2 Å². The van der Waals surface area contributed by atoms with Crippen molar-refractivity contribution in [2.24, 2.45) is 0 Å². The summed E-state index contributed by atoms with van der Waals surface area (Å²) in [5, 5.41) is 0. The maximum atomic E-state index is 12.2. The van der Waals surface area contributed by atoms with E-state index >= 15 is 0 Å². The molecule has 5 nitrogen and oxygen atoms in total. The molecule has 2 aromatic rings. The lowest BCUT2D eigenvalue weighted by atomic mass is 10.3. The van der Waals surface area contributed by atoms with Crippen molar-refractivity contribution in [3.05, 3.63) is 35.2 Å². The number of thiophene rings is 1. The Labute approximate surface area is 122 Å². The van der Waals surface area contributed by atoms with Gasteiger partial charge in [0.2, 0.25) is 0 Å². The molecule has 0 amide bonds. The van der Waals surface area contributed by atoms with E-state index in [9.17, 15) is 8.42 Å². The molecule has 7 heteroatoms. The first-order valence-electron chi connectivity index (χ1n) is 5.77. The molecule has 0 saturated heterocycles. The summed E-state index contributed by atoms with van der Waals surface area (Å²) >= 11 is 1.22. The summed E-state index contributed by atoms with van der Waals surface area (Å²) in [6, 6.07) is 8.22. The number of methoxy groups -OCH3 is 2. The monoisotopic (exact) mass is 313 g/mol. The molecule has 0 spiro atoms. The van der Waals surface area contributed by atoms with E-state index in [1.807, 2.05) is 6.92 Å². The van der Waals surface area contributed by atoms with Gasteiger partial charge in [0, 0.05) is 23.1 Å². The van der Waals surface area contributed by atoms with Crippen LogP contribution in [0.15, 0.2) is 34.5 Å². The second-order valence-electron chi connectivity index (χ2n) is 4.07. The molecule has 0 aliphatic rings. The number of nitrogens with one attached hydrogen (secondary N) is 1. The van der Waals surface area contributed by atoms with Gasteiger partial charge in [-0.2, -0.15) is 0 Å². The molecular weight excluding hydrogens is 298 g/mol. The maximum Gasteiger partial charge on any atom is 0.271 e. The number of rotatable bonds is 5. The third-order valence-electron chi connectivity index (χ3n) is 2.58. The molecule has 1 aromatic heterocycles. The largest absolute Gasteiger partial charge is 0.497 e. The van der Waals surface area contributed by atoms with Gasteiger partial charge in [0.05, 0.1) is 19.9 Å². The van der Waals surface area contributed by atoms with Gasteiger partial charge >= 0.3 is 0 Å². The Hall–Kier alpha value is -1.73. The summed E-state index contributed by atoms with van der Waals surface area (Å²) in [7, 11) is -0.566. The summed E-state index contributed by atoms with van der Waals surface area (Å²) in [5.41, 5.74) is 0.396. The average molecular weight is 313 g/mol. The molecule has 0 unspecified atom stereocenters. The zero-order chi connectivity index (χ0) is 14.8. The summed E-state index contributed by atoms with van der Waals surface area (Å²) in [4.78, 5) is 0.939. The number of benzene rings is 1. The number of anilines is 1. The first-order valence-corrected chi connectivity index (χ1v) is 8.07. The summed E-state index contributed by atoms with van der Waals surface area (Å²) in [5.74, 6) is 1.04. The van der Waals surface area contributed by atoms with Crippen molar-refractivity contribution in [3.8, 4) is 11.5 Å². The number of sulfonamides is 1. The predicted octanol–water partition coefficient (Wildman–Crippen LogP) is 2.87. The highest BCUT2D eigenvalue weighted by Gasteiger charge is 2.17. The highest BCUT2D eigenvalue weighted by atomic mass is 32.2.